The number of aryl methyl sites for hydroxylation is 1. The highest BCUT2D eigenvalue weighted by Gasteiger charge is 2.22. The van der Waals surface area contributed by atoms with Crippen LogP contribution in [0.15, 0.2) is 28.7 Å². The minimum atomic E-state index is 0.163. The smallest absolute Gasteiger partial charge is 0.220 e. The predicted molar refractivity (Wildman–Crippen MR) is 80.8 cm³/mol. The van der Waals surface area contributed by atoms with E-state index in [1.165, 1.54) is 5.56 Å². The Labute approximate surface area is 123 Å². The van der Waals surface area contributed by atoms with Gasteiger partial charge in [0.25, 0.3) is 0 Å². The molecule has 2 unspecified atom stereocenters. The van der Waals surface area contributed by atoms with Crippen LogP contribution in [0.5, 0.6) is 0 Å². The van der Waals surface area contributed by atoms with Crippen molar-refractivity contribution in [2.45, 2.75) is 50.6 Å². The molecule has 0 saturated heterocycles. The number of rotatable bonds is 5. The lowest BCUT2D eigenvalue weighted by molar-refractivity contribution is -0.121. The van der Waals surface area contributed by atoms with Gasteiger partial charge in [0, 0.05) is 23.0 Å². The summed E-state index contributed by atoms with van der Waals surface area (Å²) in [4.78, 5) is 11.8. The molecule has 0 aliphatic heterocycles. The Morgan fingerprint density at radius 3 is 2.68 bits per heavy atom. The first-order valence-corrected chi connectivity index (χ1v) is 7.72. The second-order valence-electron chi connectivity index (χ2n) is 5.32. The van der Waals surface area contributed by atoms with Crippen LogP contribution >= 0.6 is 15.9 Å². The Morgan fingerprint density at radius 2 is 2.05 bits per heavy atom. The second-order valence-corrected chi connectivity index (χ2v) is 6.23. The molecule has 3 N–H and O–H groups in total. The van der Waals surface area contributed by atoms with E-state index < -0.39 is 0 Å². The average Bonchev–Trinajstić information content (AvgIpc) is 2.77. The minimum Gasteiger partial charge on any atom is -0.353 e. The van der Waals surface area contributed by atoms with Crippen molar-refractivity contribution in [1.29, 1.82) is 0 Å². The van der Waals surface area contributed by atoms with Crippen LogP contribution in [0.2, 0.25) is 0 Å². The summed E-state index contributed by atoms with van der Waals surface area (Å²) in [6.07, 6.45) is 5.43. The molecule has 1 aromatic rings. The zero-order valence-electron chi connectivity index (χ0n) is 11.1. The standard InChI is InChI=1S/C15H21BrN2O/c16-12-6-4-11(5-7-12)2-1-3-15(19)18-14-9-8-13(17)10-14/h4-7,13-14H,1-3,8-10,17H2,(H,18,19). The molecule has 1 aromatic carbocycles. The normalized spacial score (nSPS) is 22.4. The van der Waals surface area contributed by atoms with Crippen molar-refractivity contribution < 1.29 is 4.79 Å². The van der Waals surface area contributed by atoms with Gasteiger partial charge in [-0.1, -0.05) is 28.1 Å². The number of carbonyl (C=O) groups excluding carboxylic acids is 1. The minimum absolute atomic E-state index is 0.163. The van der Waals surface area contributed by atoms with E-state index in [2.05, 4.69) is 33.4 Å². The van der Waals surface area contributed by atoms with E-state index in [-0.39, 0.29) is 11.9 Å². The summed E-state index contributed by atoms with van der Waals surface area (Å²) in [5.41, 5.74) is 7.11. The molecule has 0 heterocycles. The van der Waals surface area contributed by atoms with Gasteiger partial charge in [-0.15, -0.1) is 0 Å². The third kappa shape index (κ3) is 4.96. The summed E-state index contributed by atoms with van der Waals surface area (Å²) in [6, 6.07) is 8.84. The van der Waals surface area contributed by atoms with E-state index in [9.17, 15) is 4.79 Å². The molecule has 1 saturated carbocycles. The molecule has 0 spiro atoms. The maximum atomic E-state index is 11.8. The van der Waals surface area contributed by atoms with Crippen molar-refractivity contribution >= 4 is 21.8 Å². The molecule has 0 aromatic heterocycles. The van der Waals surface area contributed by atoms with E-state index in [1.54, 1.807) is 0 Å². The third-order valence-electron chi connectivity index (χ3n) is 3.62. The van der Waals surface area contributed by atoms with Crippen LogP contribution in [0.1, 0.15) is 37.7 Å². The second kappa shape index (κ2) is 7.06. The third-order valence-corrected chi connectivity index (χ3v) is 4.15. The summed E-state index contributed by atoms with van der Waals surface area (Å²) in [5.74, 6) is 0.163. The first kappa shape index (κ1) is 14.5. The van der Waals surface area contributed by atoms with Crippen LogP contribution in [-0.2, 0) is 11.2 Å². The van der Waals surface area contributed by atoms with Gasteiger partial charge in [0.2, 0.25) is 5.91 Å². The molecule has 1 amide bonds. The predicted octanol–water partition coefficient (Wildman–Crippen LogP) is 2.77. The van der Waals surface area contributed by atoms with E-state index >= 15 is 0 Å². The molecule has 19 heavy (non-hydrogen) atoms. The molecule has 1 aliphatic rings. The number of halogens is 1. The molecule has 1 aliphatic carbocycles. The maximum absolute atomic E-state index is 11.8. The Morgan fingerprint density at radius 1 is 1.32 bits per heavy atom. The Hall–Kier alpha value is -0.870. The van der Waals surface area contributed by atoms with Crippen molar-refractivity contribution in [3.63, 3.8) is 0 Å². The number of nitrogens with one attached hydrogen (secondary N) is 1. The van der Waals surface area contributed by atoms with Crippen molar-refractivity contribution in [2.24, 2.45) is 5.73 Å². The molecular weight excluding hydrogens is 304 g/mol. The van der Waals surface area contributed by atoms with Crippen LogP contribution < -0.4 is 11.1 Å². The molecule has 3 nitrogen and oxygen atoms in total. The highest BCUT2D eigenvalue weighted by atomic mass is 79.9. The van der Waals surface area contributed by atoms with Crippen LogP contribution in [0.4, 0.5) is 0 Å². The molecule has 104 valence electrons. The maximum Gasteiger partial charge on any atom is 0.220 e. The Balaban J connectivity index is 1.65. The number of hydrogen-bond acceptors (Lipinski definition) is 2. The monoisotopic (exact) mass is 324 g/mol. The highest BCUT2D eigenvalue weighted by Crippen LogP contribution is 2.17. The quantitative estimate of drug-likeness (QED) is 0.875. The zero-order chi connectivity index (χ0) is 13.7. The van der Waals surface area contributed by atoms with E-state index in [0.29, 0.717) is 12.5 Å². The lowest BCUT2D eigenvalue weighted by Crippen LogP contribution is -2.33. The molecule has 2 atom stereocenters. The first-order valence-electron chi connectivity index (χ1n) is 6.93. The van der Waals surface area contributed by atoms with Gasteiger partial charge in [-0.2, -0.15) is 0 Å². The number of amides is 1. The lowest BCUT2D eigenvalue weighted by Gasteiger charge is -2.12. The van der Waals surface area contributed by atoms with Gasteiger partial charge in [-0.05, 0) is 49.8 Å². The first-order chi connectivity index (χ1) is 9.13. The van der Waals surface area contributed by atoms with Gasteiger partial charge in [-0.25, -0.2) is 0 Å². The summed E-state index contributed by atoms with van der Waals surface area (Å²) >= 11 is 3.42. The zero-order valence-corrected chi connectivity index (χ0v) is 12.7. The summed E-state index contributed by atoms with van der Waals surface area (Å²) in [6.45, 7) is 0. The number of carbonyl (C=O) groups is 1. The number of nitrogens with two attached hydrogens (primary N) is 1. The van der Waals surface area contributed by atoms with Crippen LogP contribution in [0.3, 0.4) is 0 Å². The molecule has 1 fully saturated rings. The van der Waals surface area contributed by atoms with Crippen LogP contribution in [-0.4, -0.2) is 18.0 Å². The number of benzene rings is 1. The highest BCUT2D eigenvalue weighted by molar-refractivity contribution is 9.10. The molecule has 0 bridgehead atoms. The van der Waals surface area contributed by atoms with Gasteiger partial charge in [0.15, 0.2) is 0 Å². The van der Waals surface area contributed by atoms with Crippen molar-refractivity contribution in [1.82, 2.24) is 5.32 Å². The van der Waals surface area contributed by atoms with Crippen LogP contribution in [0, 0.1) is 0 Å². The van der Waals surface area contributed by atoms with E-state index in [4.69, 9.17) is 5.73 Å². The van der Waals surface area contributed by atoms with E-state index in [0.717, 1.165) is 36.6 Å². The van der Waals surface area contributed by atoms with Crippen LogP contribution in [0.25, 0.3) is 0 Å². The summed E-state index contributed by atoms with van der Waals surface area (Å²) < 4.78 is 1.09. The van der Waals surface area contributed by atoms with Crippen molar-refractivity contribution in [2.75, 3.05) is 0 Å². The fourth-order valence-electron chi connectivity index (χ4n) is 2.55. The SMILES string of the molecule is NC1CCC(NC(=O)CCCc2ccc(Br)cc2)C1. The molecular formula is C15H21BrN2O. The fourth-order valence-corrected chi connectivity index (χ4v) is 2.82. The molecule has 0 radical (unpaired) electrons. The van der Waals surface area contributed by atoms with Gasteiger partial charge in [0.1, 0.15) is 0 Å². The lowest BCUT2D eigenvalue weighted by atomic mass is 10.1. The molecule has 2 rings (SSSR count). The van der Waals surface area contributed by atoms with Gasteiger partial charge in [-0.3, -0.25) is 4.79 Å². The van der Waals surface area contributed by atoms with Gasteiger partial charge in [0.05, 0.1) is 0 Å². The average molecular weight is 325 g/mol. The molecule has 4 heteroatoms. The van der Waals surface area contributed by atoms with Crippen molar-refractivity contribution in [3.05, 3.63) is 34.3 Å². The van der Waals surface area contributed by atoms with Gasteiger partial charge >= 0.3 is 0 Å². The fraction of sp³-hybridized carbons (Fsp3) is 0.533. The Bertz CT molecular complexity index is 419. The topological polar surface area (TPSA) is 55.1 Å². The van der Waals surface area contributed by atoms with E-state index in [1.807, 2.05) is 12.1 Å². The summed E-state index contributed by atoms with van der Waals surface area (Å²) in [7, 11) is 0. The summed E-state index contributed by atoms with van der Waals surface area (Å²) in [5, 5.41) is 3.08. The Kier molecular flexibility index (Phi) is 5.40. The van der Waals surface area contributed by atoms with Crippen molar-refractivity contribution in [3.8, 4) is 0 Å². The largest absolute Gasteiger partial charge is 0.353 e. The number of hydrogen-bond donors (Lipinski definition) is 2. The van der Waals surface area contributed by atoms with Gasteiger partial charge < -0.3 is 11.1 Å².